The first kappa shape index (κ1) is 9.14. The van der Waals surface area contributed by atoms with E-state index < -0.39 is 0 Å². The molecule has 0 radical (unpaired) electrons. The van der Waals surface area contributed by atoms with Gasteiger partial charge in [-0.3, -0.25) is 4.79 Å². The zero-order chi connectivity index (χ0) is 9.68. The van der Waals surface area contributed by atoms with Crippen LogP contribution in [0, 0.1) is 12.5 Å². The van der Waals surface area contributed by atoms with Crippen molar-refractivity contribution in [3.8, 4) is 18.3 Å². The molecule has 0 aromatic heterocycles. The molecule has 0 fully saturated rings. The lowest BCUT2D eigenvalue weighted by Crippen LogP contribution is -2.17. The van der Waals surface area contributed by atoms with Gasteiger partial charge in [0.1, 0.15) is 11.9 Å². The molecule has 3 nitrogen and oxygen atoms in total. The Hall–Kier alpha value is -1.95. The molecular formula is C10H9NO2. The summed E-state index contributed by atoms with van der Waals surface area (Å²) in [4.78, 5) is 11.2. The first-order chi connectivity index (χ1) is 6.27. The highest BCUT2D eigenvalue weighted by Crippen LogP contribution is 2.12. The Kier molecular flexibility index (Phi) is 2.93. The number of carbonyl (C=O) groups excluding carboxylic acids is 1. The number of nitrogens with one attached hydrogen (secondary N) is 1. The fourth-order valence-corrected chi connectivity index (χ4v) is 0.913. The van der Waals surface area contributed by atoms with Gasteiger partial charge < -0.3 is 10.1 Å². The van der Waals surface area contributed by atoms with Gasteiger partial charge in [0, 0.05) is 12.6 Å². The summed E-state index contributed by atoms with van der Waals surface area (Å²) < 4.78 is 4.79. The Bertz CT molecular complexity index is 352. The van der Waals surface area contributed by atoms with E-state index in [4.69, 9.17) is 11.2 Å². The zero-order valence-corrected chi connectivity index (χ0v) is 7.20. The summed E-state index contributed by atoms with van der Waals surface area (Å²) in [6.07, 6.45) is 6.98. The average molecular weight is 175 g/mol. The van der Waals surface area contributed by atoms with Crippen LogP contribution < -0.4 is 10.1 Å². The van der Waals surface area contributed by atoms with Crippen molar-refractivity contribution in [2.45, 2.75) is 0 Å². The van der Waals surface area contributed by atoms with Crippen LogP contribution in [-0.2, 0) is 0 Å². The van der Waals surface area contributed by atoms with Crippen molar-refractivity contribution >= 4 is 5.91 Å². The largest absolute Gasteiger partial charge is 0.408 e. The molecule has 1 amide bonds. The van der Waals surface area contributed by atoms with Gasteiger partial charge in [-0.2, -0.15) is 0 Å². The smallest absolute Gasteiger partial charge is 0.251 e. The Labute approximate surface area is 76.7 Å². The van der Waals surface area contributed by atoms with Gasteiger partial charge in [-0.05, 0) is 18.2 Å². The van der Waals surface area contributed by atoms with Crippen LogP contribution in [0.15, 0.2) is 24.3 Å². The molecule has 0 aliphatic carbocycles. The van der Waals surface area contributed by atoms with Crippen LogP contribution >= 0.6 is 0 Å². The lowest BCUT2D eigenvalue weighted by atomic mass is 10.2. The van der Waals surface area contributed by atoms with E-state index in [1.807, 2.05) is 6.11 Å². The van der Waals surface area contributed by atoms with Crippen LogP contribution in [0.4, 0.5) is 0 Å². The number of carbonyl (C=O) groups is 1. The number of ether oxygens (including phenoxy) is 1. The SMILES string of the molecule is C#COc1cccc(C(=O)NC)c1. The fourth-order valence-electron chi connectivity index (χ4n) is 0.913. The summed E-state index contributed by atoms with van der Waals surface area (Å²) in [5, 5.41) is 2.50. The summed E-state index contributed by atoms with van der Waals surface area (Å²) in [5.41, 5.74) is 0.523. The van der Waals surface area contributed by atoms with E-state index in [2.05, 4.69) is 5.32 Å². The predicted molar refractivity (Wildman–Crippen MR) is 49.3 cm³/mol. The summed E-state index contributed by atoms with van der Waals surface area (Å²) in [5.74, 6) is 0.325. The summed E-state index contributed by atoms with van der Waals surface area (Å²) in [7, 11) is 1.57. The molecule has 0 spiro atoms. The number of rotatable bonds is 2. The van der Waals surface area contributed by atoms with Crippen LogP contribution in [0.5, 0.6) is 5.75 Å². The first-order valence-electron chi connectivity index (χ1n) is 3.72. The quantitative estimate of drug-likeness (QED) is 0.681. The van der Waals surface area contributed by atoms with Crippen LogP contribution in [0.3, 0.4) is 0 Å². The van der Waals surface area contributed by atoms with Gasteiger partial charge >= 0.3 is 0 Å². The minimum atomic E-state index is -0.164. The lowest BCUT2D eigenvalue weighted by Gasteiger charge is -2.01. The molecule has 0 aliphatic rings. The van der Waals surface area contributed by atoms with E-state index in [-0.39, 0.29) is 5.91 Å². The minimum Gasteiger partial charge on any atom is -0.408 e. The van der Waals surface area contributed by atoms with Crippen LogP contribution in [0.2, 0.25) is 0 Å². The third kappa shape index (κ3) is 2.24. The molecule has 0 bridgehead atoms. The second-order valence-corrected chi connectivity index (χ2v) is 2.33. The number of hydrogen-bond acceptors (Lipinski definition) is 2. The van der Waals surface area contributed by atoms with Crippen LogP contribution in [-0.4, -0.2) is 13.0 Å². The van der Waals surface area contributed by atoms with Crippen molar-refractivity contribution in [1.82, 2.24) is 5.32 Å². The predicted octanol–water partition coefficient (Wildman–Crippen LogP) is 1.02. The van der Waals surface area contributed by atoms with Crippen LogP contribution in [0.25, 0.3) is 0 Å². The highest BCUT2D eigenvalue weighted by Gasteiger charge is 2.03. The first-order valence-corrected chi connectivity index (χ1v) is 3.72. The Morgan fingerprint density at radius 1 is 1.62 bits per heavy atom. The molecule has 66 valence electrons. The van der Waals surface area contributed by atoms with Crippen molar-refractivity contribution in [1.29, 1.82) is 0 Å². The topological polar surface area (TPSA) is 38.3 Å². The normalized spacial score (nSPS) is 8.62. The van der Waals surface area contributed by atoms with E-state index >= 15 is 0 Å². The fraction of sp³-hybridized carbons (Fsp3) is 0.100. The molecule has 0 heterocycles. The van der Waals surface area contributed by atoms with Gasteiger partial charge in [0.15, 0.2) is 0 Å². The van der Waals surface area contributed by atoms with Crippen molar-refractivity contribution in [2.75, 3.05) is 7.05 Å². The maximum absolute atomic E-state index is 11.2. The summed E-state index contributed by atoms with van der Waals surface area (Å²) in [6, 6.07) is 6.66. The highest BCUT2D eigenvalue weighted by molar-refractivity contribution is 5.94. The number of benzene rings is 1. The van der Waals surface area contributed by atoms with Crippen molar-refractivity contribution in [3.63, 3.8) is 0 Å². The molecule has 1 rings (SSSR count). The molecule has 0 unspecified atom stereocenters. The Morgan fingerprint density at radius 2 is 2.38 bits per heavy atom. The highest BCUT2D eigenvalue weighted by atomic mass is 16.5. The van der Waals surface area contributed by atoms with E-state index in [0.29, 0.717) is 11.3 Å². The van der Waals surface area contributed by atoms with E-state index in [0.717, 1.165) is 0 Å². The van der Waals surface area contributed by atoms with Crippen molar-refractivity contribution < 1.29 is 9.53 Å². The van der Waals surface area contributed by atoms with Crippen molar-refractivity contribution in [3.05, 3.63) is 29.8 Å². The van der Waals surface area contributed by atoms with Gasteiger partial charge in [0.2, 0.25) is 0 Å². The summed E-state index contributed by atoms with van der Waals surface area (Å²) >= 11 is 0. The molecular weight excluding hydrogens is 166 g/mol. The van der Waals surface area contributed by atoms with Crippen LogP contribution in [0.1, 0.15) is 10.4 Å². The molecule has 3 heteroatoms. The molecule has 0 saturated carbocycles. The van der Waals surface area contributed by atoms with Crippen molar-refractivity contribution in [2.24, 2.45) is 0 Å². The number of amides is 1. The molecule has 0 atom stereocenters. The minimum absolute atomic E-state index is 0.164. The Balaban J connectivity index is 2.93. The molecule has 0 aliphatic heterocycles. The second kappa shape index (κ2) is 4.17. The van der Waals surface area contributed by atoms with E-state index in [1.54, 1.807) is 31.3 Å². The summed E-state index contributed by atoms with van der Waals surface area (Å²) in [6.45, 7) is 0. The molecule has 13 heavy (non-hydrogen) atoms. The number of terminal acetylenes is 1. The van der Waals surface area contributed by atoms with Gasteiger partial charge in [0.25, 0.3) is 5.91 Å². The van der Waals surface area contributed by atoms with E-state index in [9.17, 15) is 4.79 Å². The third-order valence-electron chi connectivity index (χ3n) is 1.50. The number of hydrogen-bond donors (Lipinski definition) is 1. The Morgan fingerprint density at radius 3 is 3.00 bits per heavy atom. The zero-order valence-electron chi connectivity index (χ0n) is 7.20. The average Bonchev–Trinajstić information content (AvgIpc) is 2.18. The molecule has 0 saturated heterocycles. The van der Waals surface area contributed by atoms with Gasteiger partial charge in [0.05, 0.1) is 0 Å². The molecule has 1 aromatic rings. The molecule has 1 N–H and O–H groups in total. The standard InChI is InChI=1S/C10H9NO2/c1-3-13-9-6-4-5-8(7-9)10(12)11-2/h1,4-7H,2H3,(H,11,12). The van der Waals surface area contributed by atoms with Gasteiger partial charge in [-0.25, -0.2) is 0 Å². The molecule has 1 aromatic carbocycles. The maximum atomic E-state index is 11.2. The lowest BCUT2D eigenvalue weighted by molar-refractivity contribution is 0.0963. The van der Waals surface area contributed by atoms with Gasteiger partial charge in [-0.15, -0.1) is 0 Å². The third-order valence-corrected chi connectivity index (χ3v) is 1.50. The maximum Gasteiger partial charge on any atom is 0.251 e. The van der Waals surface area contributed by atoms with Gasteiger partial charge in [-0.1, -0.05) is 12.5 Å². The second-order valence-electron chi connectivity index (χ2n) is 2.33. The van der Waals surface area contributed by atoms with E-state index in [1.165, 1.54) is 0 Å². The monoisotopic (exact) mass is 175 g/mol.